The number of amides is 2. The number of nitrogens with zero attached hydrogens (tertiary/aromatic N) is 4. The Labute approximate surface area is 236 Å². The summed E-state index contributed by atoms with van der Waals surface area (Å²) >= 11 is 0. The monoisotopic (exact) mass is 581 g/mol. The lowest BCUT2D eigenvalue weighted by atomic mass is 10.2. The molecule has 13 nitrogen and oxygen atoms in total. The number of benzene rings is 3. The zero-order valence-corrected chi connectivity index (χ0v) is 22.6. The second-order valence-electron chi connectivity index (χ2n) is 8.71. The maximum absolute atomic E-state index is 13.4. The van der Waals surface area contributed by atoms with E-state index >= 15 is 0 Å². The number of sulfonamides is 1. The molecule has 1 fully saturated rings. The van der Waals surface area contributed by atoms with E-state index in [0.29, 0.717) is 41.9 Å². The highest BCUT2D eigenvalue weighted by Crippen LogP contribution is 2.31. The quantitative estimate of drug-likeness (QED) is 0.205. The summed E-state index contributed by atoms with van der Waals surface area (Å²) in [5, 5.41) is 15.5. The van der Waals surface area contributed by atoms with E-state index in [9.17, 15) is 28.1 Å². The van der Waals surface area contributed by atoms with Crippen molar-refractivity contribution < 1.29 is 32.4 Å². The maximum atomic E-state index is 13.4. The average molecular weight is 582 g/mol. The summed E-state index contributed by atoms with van der Waals surface area (Å²) in [4.78, 5) is 37.4. The van der Waals surface area contributed by atoms with Crippen LogP contribution in [0.15, 0.2) is 88.9 Å². The summed E-state index contributed by atoms with van der Waals surface area (Å²) in [6.07, 6.45) is 1.33. The second-order valence-corrected chi connectivity index (χ2v) is 10.6. The van der Waals surface area contributed by atoms with Crippen LogP contribution in [0.2, 0.25) is 0 Å². The van der Waals surface area contributed by atoms with Gasteiger partial charge in [-0.2, -0.15) is 5.10 Å². The number of hydrogen-bond acceptors (Lipinski definition) is 9. The largest absolute Gasteiger partial charge is 0.484 e. The number of rotatable bonds is 11. The molecule has 2 amide bonds. The van der Waals surface area contributed by atoms with Crippen molar-refractivity contribution in [1.82, 2.24) is 10.3 Å². The van der Waals surface area contributed by atoms with E-state index in [1.807, 2.05) is 0 Å². The summed E-state index contributed by atoms with van der Waals surface area (Å²) in [7, 11) is -4.34. The molecule has 0 atom stereocenters. The first-order chi connectivity index (χ1) is 19.8. The summed E-state index contributed by atoms with van der Waals surface area (Å²) in [5.41, 5.74) is 2.11. The van der Waals surface area contributed by atoms with Crippen molar-refractivity contribution in [2.75, 3.05) is 43.8 Å². The molecule has 3 aromatic rings. The molecular formula is C27H27N5O8S. The van der Waals surface area contributed by atoms with Crippen molar-refractivity contribution in [3.63, 3.8) is 0 Å². The molecule has 41 heavy (non-hydrogen) atoms. The van der Waals surface area contributed by atoms with Crippen LogP contribution < -0.4 is 14.5 Å². The van der Waals surface area contributed by atoms with Gasteiger partial charge in [-0.25, -0.2) is 18.1 Å². The third kappa shape index (κ3) is 7.64. The SMILES string of the molecule is O=C(CN(c1ccccc1[N+](=O)[O-])S(=O)(=O)c1ccccc1)N/N=C\c1ccc(OCC(=O)N2CCOCC2)cc1. The van der Waals surface area contributed by atoms with Gasteiger partial charge < -0.3 is 14.4 Å². The molecule has 0 unspecified atom stereocenters. The minimum atomic E-state index is -4.34. The molecule has 1 heterocycles. The van der Waals surface area contributed by atoms with Gasteiger partial charge in [-0.3, -0.25) is 19.7 Å². The van der Waals surface area contributed by atoms with Gasteiger partial charge in [-0.15, -0.1) is 0 Å². The molecule has 0 bridgehead atoms. The Morgan fingerprint density at radius 2 is 1.68 bits per heavy atom. The molecule has 0 radical (unpaired) electrons. The molecule has 1 aliphatic rings. The van der Waals surface area contributed by atoms with Gasteiger partial charge in [0.2, 0.25) is 0 Å². The zero-order chi connectivity index (χ0) is 29.2. The second kappa shape index (κ2) is 13.5. The van der Waals surface area contributed by atoms with Crippen LogP contribution >= 0.6 is 0 Å². The molecule has 0 aliphatic carbocycles. The number of morpholine rings is 1. The lowest BCUT2D eigenvalue weighted by molar-refractivity contribution is -0.384. The van der Waals surface area contributed by atoms with Crippen LogP contribution in [0.4, 0.5) is 11.4 Å². The first-order valence-corrected chi connectivity index (χ1v) is 13.9. The molecule has 214 valence electrons. The standard InChI is InChI=1S/C27H27N5O8S/c33-26(29-28-18-21-10-12-22(13-11-21)40-20-27(34)30-14-16-39-17-15-30)19-31(24-8-4-5-9-25(24)32(35)36)41(37,38)23-6-2-1-3-7-23/h1-13,18H,14-17,19-20H2,(H,29,33)/b28-18-. The van der Waals surface area contributed by atoms with Crippen LogP contribution in [0.3, 0.4) is 0 Å². The number of ether oxygens (including phenoxy) is 2. The van der Waals surface area contributed by atoms with Crippen molar-refractivity contribution in [1.29, 1.82) is 0 Å². The molecule has 1 N–H and O–H groups in total. The first kappa shape index (κ1) is 29.2. The van der Waals surface area contributed by atoms with E-state index in [2.05, 4.69) is 10.5 Å². The lowest BCUT2D eigenvalue weighted by Gasteiger charge is -2.26. The van der Waals surface area contributed by atoms with Gasteiger partial charge in [-0.1, -0.05) is 30.3 Å². The van der Waals surface area contributed by atoms with E-state index in [1.54, 1.807) is 35.2 Å². The third-order valence-electron chi connectivity index (χ3n) is 5.97. The third-order valence-corrected chi connectivity index (χ3v) is 7.75. The van der Waals surface area contributed by atoms with Crippen LogP contribution in [0.5, 0.6) is 5.75 Å². The zero-order valence-electron chi connectivity index (χ0n) is 21.8. The fourth-order valence-corrected chi connectivity index (χ4v) is 5.35. The molecule has 0 spiro atoms. The van der Waals surface area contributed by atoms with Gasteiger partial charge in [0, 0.05) is 19.2 Å². The predicted octanol–water partition coefficient (Wildman–Crippen LogP) is 2.18. The van der Waals surface area contributed by atoms with E-state index in [0.717, 1.165) is 6.07 Å². The molecule has 0 aromatic heterocycles. The van der Waals surface area contributed by atoms with Crippen molar-refractivity contribution in [3.8, 4) is 5.75 Å². The van der Waals surface area contributed by atoms with Crippen molar-refractivity contribution in [3.05, 3.63) is 94.5 Å². The van der Waals surface area contributed by atoms with Gasteiger partial charge in [0.1, 0.15) is 18.0 Å². The smallest absolute Gasteiger partial charge is 0.293 e. The van der Waals surface area contributed by atoms with Crippen LogP contribution in [0, 0.1) is 10.1 Å². The molecule has 14 heteroatoms. The number of nitro groups is 1. The minimum absolute atomic E-state index is 0.106. The molecule has 3 aromatic carbocycles. The maximum Gasteiger partial charge on any atom is 0.293 e. The van der Waals surface area contributed by atoms with Gasteiger partial charge in [0.05, 0.1) is 29.2 Å². The molecule has 0 saturated carbocycles. The summed E-state index contributed by atoms with van der Waals surface area (Å²) in [6, 6.07) is 19.1. The Bertz CT molecular complexity index is 1510. The van der Waals surface area contributed by atoms with Gasteiger partial charge in [-0.05, 0) is 48.0 Å². The van der Waals surface area contributed by atoms with Crippen molar-refractivity contribution in [2.24, 2.45) is 5.10 Å². The van der Waals surface area contributed by atoms with Crippen molar-refractivity contribution >= 4 is 39.4 Å². The van der Waals surface area contributed by atoms with Crippen LogP contribution in [-0.2, 0) is 24.3 Å². The molecular weight excluding hydrogens is 554 g/mol. The Morgan fingerprint density at radius 3 is 2.37 bits per heavy atom. The predicted molar refractivity (Wildman–Crippen MR) is 149 cm³/mol. The number of anilines is 1. The number of carbonyl (C=O) groups excluding carboxylic acids is 2. The summed E-state index contributed by atoms with van der Waals surface area (Å²) < 4.78 is 38.2. The fraction of sp³-hybridized carbons (Fsp3) is 0.222. The molecule has 4 rings (SSSR count). The Morgan fingerprint density at radius 1 is 1.02 bits per heavy atom. The Kier molecular flexibility index (Phi) is 9.60. The van der Waals surface area contributed by atoms with E-state index in [1.165, 1.54) is 48.7 Å². The average Bonchev–Trinajstić information content (AvgIpc) is 3.00. The van der Waals surface area contributed by atoms with Gasteiger partial charge >= 0.3 is 0 Å². The highest BCUT2D eigenvalue weighted by atomic mass is 32.2. The summed E-state index contributed by atoms with van der Waals surface area (Å²) in [6.45, 7) is 1.20. The minimum Gasteiger partial charge on any atom is -0.484 e. The van der Waals surface area contributed by atoms with E-state index in [-0.39, 0.29) is 23.1 Å². The Balaban J connectivity index is 1.40. The lowest BCUT2D eigenvalue weighted by Crippen LogP contribution is -2.42. The van der Waals surface area contributed by atoms with Crippen LogP contribution in [-0.4, -0.2) is 75.7 Å². The van der Waals surface area contributed by atoms with E-state index < -0.39 is 33.1 Å². The molecule has 1 saturated heterocycles. The number of para-hydroxylation sites is 2. The fourth-order valence-electron chi connectivity index (χ4n) is 3.89. The number of hydrazone groups is 1. The van der Waals surface area contributed by atoms with Gasteiger partial charge in [0.15, 0.2) is 6.61 Å². The number of nitro benzene ring substituents is 1. The van der Waals surface area contributed by atoms with E-state index in [4.69, 9.17) is 9.47 Å². The normalized spacial score (nSPS) is 13.5. The summed E-state index contributed by atoms with van der Waals surface area (Å²) in [5.74, 6) is -0.481. The van der Waals surface area contributed by atoms with Crippen LogP contribution in [0.1, 0.15) is 5.56 Å². The number of carbonyl (C=O) groups is 2. The number of nitrogens with one attached hydrogen (secondary N) is 1. The highest BCUT2D eigenvalue weighted by molar-refractivity contribution is 7.92. The highest BCUT2D eigenvalue weighted by Gasteiger charge is 2.31. The van der Waals surface area contributed by atoms with Crippen molar-refractivity contribution in [2.45, 2.75) is 4.90 Å². The van der Waals surface area contributed by atoms with Crippen LogP contribution in [0.25, 0.3) is 0 Å². The topological polar surface area (TPSA) is 161 Å². The van der Waals surface area contributed by atoms with Gasteiger partial charge in [0.25, 0.3) is 27.5 Å². The first-order valence-electron chi connectivity index (χ1n) is 12.5. The number of hydrogen-bond donors (Lipinski definition) is 1. The Hall–Kier alpha value is -4.82. The molecule has 1 aliphatic heterocycles.